The molecule has 0 aromatic heterocycles. The van der Waals surface area contributed by atoms with Gasteiger partial charge in [-0.15, -0.1) is 0 Å². The highest BCUT2D eigenvalue weighted by molar-refractivity contribution is 5.85. The number of carbonyl (C=O) groups excluding carboxylic acids is 1. The number of nitrogens with zero attached hydrogens (tertiary/aromatic N) is 2. The zero-order chi connectivity index (χ0) is 20.5. The highest BCUT2D eigenvalue weighted by Gasteiger charge is 2.76. The van der Waals surface area contributed by atoms with Gasteiger partial charge in [0.1, 0.15) is 5.75 Å². The third-order valence-electron chi connectivity index (χ3n) is 4.09. The molecule has 11 heteroatoms. The number of rotatable bonds is 5. The Hall–Kier alpha value is -2.20. The monoisotopic (exact) mass is 402 g/mol. The van der Waals surface area contributed by atoms with Crippen molar-refractivity contribution in [2.75, 3.05) is 37.7 Å². The SMILES string of the molecule is CCOc1ccccc1N1CCN(C(=O)C(F)(F)C(F)(F)C(F)(F)F)CC1. The molecule has 1 aromatic rings. The Morgan fingerprint density at radius 1 is 1.00 bits per heavy atom. The predicted molar refractivity (Wildman–Crippen MR) is 82.4 cm³/mol. The van der Waals surface area contributed by atoms with Crippen LogP contribution in [0.15, 0.2) is 24.3 Å². The van der Waals surface area contributed by atoms with Gasteiger partial charge in [0.05, 0.1) is 12.3 Å². The van der Waals surface area contributed by atoms with Crippen molar-refractivity contribution in [3.8, 4) is 5.75 Å². The van der Waals surface area contributed by atoms with Crippen LogP contribution in [0, 0.1) is 0 Å². The lowest BCUT2D eigenvalue weighted by atomic mass is 10.1. The summed E-state index contributed by atoms with van der Waals surface area (Å²) in [6, 6.07) is 6.78. The van der Waals surface area contributed by atoms with Gasteiger partial charge in [0.15, 0.2) is 0 Å². The van der Waals surface area contributed by atoms with Crippen molar-refractivity contribution in [3.05, 3.63) is 24.3 Å². The Morgan fingerprint density at radius 2 is 1.56 bits per heavy atom. The predicted octanol–water partition coefficient (Wildman–Crippen LogP) is 3.57. The molecule has 0 aliphatic carbocycles. The molecule has 1 saturated heterocycles. The Labute approximate surface area is 150 Å². The second kappa shape index (κ2) is 7.43. The van der Waals surface area contributed by atoms with Gasteiger partial charge in [-0.1, -0.05) is 12.1 Å². The lowest BCUT2D eigenvalue weighted by Gasteiger charge is -2.39. The third kappa shape index (κ3) is 3.91. The van der Waals surface area contributed by atoms with E-state index >= 15 is 0 Å². The molecule has 4 nitrogen and oxygen atoms in total. The second-order valence-electron chi connectivity index (χ2n) is 5.83. The zero-order valence-electron chi connectivity index (χ0n) is 14.2. The number of piperazine rings is 1. The highest BCUT2D eigenvalue weighted by Crippen LogP contribution is 2.47. The normalized spacial score (nSPS) is 16.4. The van der Waals surface area contributed by atoms with Crippen molar-refractivity contribution in [2.24, 2.45) is 0 Å². The summed E-state index contributed by atoms with van der Waals surface area (Å²) in [6.45, 7) is 1.23. The molecule has 0 bridgehead atoms. The number of anilines is 1. The molecule has 1 aromatic carbocycles. The van der Waals surface area contributed by atoms with E-state index in [0.29, 0.717) is 22.9 Å². The summed E-state index contributed by atoms with van der Waals surface area (Å²) in [5.74, 6) is -14.4. The number of benzene rings is 1. The molecule has 152 valence electrons. The van der Waals surface area contributed by atoms with Crippen molar-refractivity contribution in [1.82, 2.24) is 4.90 Å². The molecule has 1 aliphatic rings. The van der Waals surface area contributed by atoms with Gasteiger partial charge in [-0.2, -0.15) is 30.7 Å². The van der Waals surface area contributed by atoms with E-state index in [9.17, 15) is 35.5 Å². The Morgan fingerprint density at radius 3 is 2.07 bits per heavy atom. The van der Waals surface area contributed by atoms with Crippen LogP contribution in [0.1, 0.15) is 6.92 Å². The lowest BCUT2D eigenvalue weighted by Crippen LogP contribution is -2.62. The minimum absolute atomic E-state index is 0.0243. The fraction of sp³-hybridized carbons (Fsp3) is 0.562. The van der Waals surface area contributed by atoms with Gasteiger partial charge in [0.25, 0.3) is 5.91 Å². The maximum absolute atomic E-state index is 13.6. The topological polar surface area (TPSA) is 32.8 Å². The number of para-hydroxylation sites is 2. The van der Waals surface area contributed by atoms with Gasteiger partial charge in [0, 0.05) is 26.2 Å². The van der Waals surface area contributed by atoms with Gasteiger partial charge in [-0.25, -0.2) is 0 Å². The summed E-state index contributed by atoms with van der Waals surface area (Å²) in [6.07, 6.45) is -6.54. The van der Waals surface area contributed by atoms with Gasteiger partial charge < -0.3 is 14.5 Å². The summed E-state index contributed by atoms with van der Waals surface area (Å²) in [4.78, 5) is 13.7. The smallest absolute Gasteiger partial charge is 0.460 e. The summed E-state index contributed by atoms with van der Waals surface area (Å²) in [7, 11) is 0. The van der Waals surface area contributed by atoms with Crippen molar-refractivity contribution >= 4 is 11.6 Å². The van der Waals surface area contributed by atoms with Crippen LogP contribution in [0.4, 0.5) is 36.4 Å². The third-order valence-corrected chi connectivity index (χ3v) is 4.09. The largest absolute Gasteiger partial charge is 0.492 e. The first-order valence-corrected chi connectivity index (χ1v) is 8.02. The maximum Gasteiger partial charge on any atom is 0.460 e. The minimum atomic E-state index is -6.54. The number of ether oxygens (including phenoxy) is 1. The van der Waals surface area contributed by atoms with Crippen molar-refractivity contribution in [2.45, 2.75) is 24.9 Å². The minimum Gasteiger partial charge on any atom is -0.492 e. The second-order valence-corrected chi connectivity index (χ2v) is 5.83. The molecule has 2 rings (SSSR count). The van der Waals surface area contributed by atoms with Crippen LogP contribution in [0.25, 0.3) is 0 Å². The van der Waals surface area contributed by atoms with E-state index in [2.05, 4.69) is 0 Å². The Bertz CT molecular complexity index is 671. The molecular weight excluding hydrogens is 385 g/mol. The highest BCUT2D eigenvalue weighted by atomic mass is 19.4. The molecule has 1 heterocycles. The Kier molecular flexibility index (Phi) is 5.81. The number of hydrogen-bond donors (Lipinski definition) is 0. The quantitative estimate of drug-likeness (QED) is 0.707. The lowest BCUT2D eigenvalue weighted by molar-refractivity contribution is -0.346. The number of alkyl halides is 7. The molecule has 0 unspecified atom stereocenters. The molecule has 27 heavy (non-hydrogen) atoms. The van der Waals surface area contributed by atoms with E-state index in [1.807, 2.05) is 0 Å². The van der Waals surface area contributed by atoms with Gasteiger partial charge in [0.2, 0.25) is 0 Å². The van der Waals surface area contributed by atoms with E-state index < -0.39 is 37.0 Å². The molecule has 0 radical (unpaired) electrons. The van der Waals surface area contributed by atoms with Crippen LogP contribution in [0.3, 0.4) is 0 Å². The van der Waals surface area contributed by atoms with Gasteiger partial charge in [-0.05, 0) is 19.1 Å². The summed E-state index contributed by atoms with van der Waals surface area (Å²) < 4.78 is 95.4. The van der Waals surface area contributed by atoms with Crippen LogP contribution in [-0.2, 0) is 4.79 Å². The van der Waals surface area contributed by atoms with Crippen molar-refractivity contribution in [1.29, 1.82) is 0 Å². The first kappa shape index (κ1) is 21.1. The molecule has 1 aliphatic heterocycles. The van der Waals surface area contributed by atoms with E-state index in [0.717, 1.165) is 0 Å². The van der Waals surface area contributed by atoms with Crippen LogP contribution in [-0.4, -0.2) is 61.6 Å². The van der Waals surface area contributed by atoms with E-state index in [1.165, 1.54) is 0 Å². The first-order chi connectivity index (χ1) is 12.4. The maximum atomic E-state index is 13.6. The van der Waals surface area contributed by atoms with Crippen LogP contribution in [0.5, 0.6) is 5.75 Å². The number of amides is 1. The van der Waals surface area contributed by atoms with Crippen LogP contribution >= 0.6 is 0 Å². The van der Waals surface area contributed by atoms with Crippen LogP contribution in [0.2, 0.25) is 0 Å². The summed E-state index contributed by atoms with van der Waals surface area (Å²) in [5, 5.41) is 0. The molecule has 0 atom stereocenters. The van der Waals surface area contributed by atoms with Gasteiger partial charge >= 0.3 is 18.0 Å². The van der Waals surface area contributed by atoms with E-state index in [-0.39, 0.29) is 13.1 Å². The van der Waals surface area contributed by atoms with Crippen molar-refractivity contribution in [3.63, 3.8) is 0 Å². The zero-order valence-corrected chi connectivity index (χ0v) is 14.2. The number of halogens is 7. The first-order valence-electron chi connectivity index (χ1n) is 8.02. The van der Waals surface area contributed by atoms with Gasteiger partial charge in [-0.3, -0.25) is 4.79 Å². The molecule has 0 N–H and O–H groups in total. The average Bonchev–Trinajstić information content (AvgIpc) is 2.61. The molecular formula is C16H17F7N2O2. The van der Waals surface area contributed by atoms with Crippen molar-refractivity contribution < 1.29 is 40.3 Å². The fourth-order valence-electron chi connectivity index (χ4n) is 2.66. The molecule has 1 fully saturated rings. The fourth-order valence-corrected chi connectivity index (χ4v) is 2.66. The molecule has 0 saturated carbocycles. The van der Waals surface area contributed by atoms with E-state index in [4.69, 9.17) is 4.74 Å². The standard InChI is InChI=1S/C16H17F7N2O2/c1-2-27-12-6-4-3-5-11(12)24-7-9-25(10-8-24)13(26)14(17,18)15(19,20)16(21,22)23/h3-6H,2,7-10H2,1H3. The van der Waals surface area contributed by atoms with E-state index in [1.54, 1.807) is 36.1 Å². The molecule has 1 amide bonds. The average molecular weight is 402 g/mol. The summed E-state index contributed by atoms with van der Waals surface area (Å²) in [5.41, 5.74) is 0.610. The summed E-state index contributed by atoms with van der Waals surface area (Å²) >= 11 is 0. The number of carbonyl (C=O) groups is 1. The molecule has 0 spiro atoms. The Balaban J connectivity index is 2.10. The van der Waals surface area contributed by atoms with Crippen LogP contribution < -0.4 is 9.64 Å². The number of hydrogen-bond acceptors (Lipinski definition) is 3.